The molecule has 0 aliphatic carbocycles. The van der Waals surface area contributed by atoms with Crippen molar-refractivity contribution >= 4 is 40.8 Å². The molecule has 0 aliphatic heterocycles. The van der Waals surface area contributed by atoms with Crippen LogP contribution in [0.5, 0.6) is 0 Å². The summed E-state index contributed by atoms with van der Waals surface area (Å²) < 4.78 is 37.7. The Balaban J connectivity index is 2.28. The first kappa shape index (κ1) is 17.1. The Bertz CT molecular complexity index is 819. The molecule has 0 saturated carbocycles. The van der Waals surface area contributed by atoms with Gasteiger partial charge in [-0.2, -0.15) is 18.2 Å². The topological polar surface area (TPSA) is 96.2 Å². The van der Waals surface area contributed by atoms with Gasteiger partial charge in [0, 0.05) is 11.8 Å². The number of aliphatic imine (C=N–C) groups is 1. The van der Waals surface area contributed by atoms with Crippen LogP contribution in [0.1, 0.15) is 5.69 Å². The van der Waals surface area contributed by atoms with Crippen molar-refractivity contribution in [3.8, 4) is 0 Å². The number of guanidine groups is 1. The molecular weight excluding hydrogens is 358 g/mol. The number of H-pyrrole nitrogens is 1. The van der Waals surface area contributed by atoms with Gasteiger partial charge in [-0.25, -0.2) is 4.98 Å². The van der Waals surface area contributed by atoms with Gasteiger partial charge in [-0.3, -0.25) is 9.78 Å². The summed E-state index contributed by atoms with van der Waals surface area (Å²) in [4.78, 5) is 20.0. The summed E-state index contributed by atoms with van der Waals surface area (Å²) in [6.07, 6.45) is -4.77. The number of aromatic nitrogens is 2. The van der Waals surface area contributed by atoms with E-state index in [1.165, 1.54) is 18.2 Å². The average Bonchev–Trinajstić information content (AvgIpc) is 2.41. The average molecular weight is 366 g/mol. The Morgan fingerprint density at radius 2 is 1.96 bits per heavy atom. The molecule has 1 heterocycles. The van der Waals surface area contributed by atoms with Gasteiger partial charge in [-0.05, 0) is 18.2 Å². The normalized spacial score (nSPS) is 12.3. The number of aromatic amines is 1. The minimum absolute atomic E-state index is 0.245. The number of nitrogens with one attached hydrogen (secondary N) is 2. The lowest BCUT2D eigenvalue weighted by molar-refractivity contribution is -0.141. The van der Waals surface area contributed by atoms with E-state index in [0.29, 0.717) is 16.8 Å². The molecule has 1 aromatic carbocycles. The standard InChI is InChI=1S/C12H8Cl2F3N5O/c13-6-2-1-5(3-7(6)14)19-10(18)22-11-20-8(12(15,16)17)4-9(23)21-11/h1-4H,(H4,18,19,20,21,22,23). The number of halogens is 5. The van der Waals surface area contributed by atoms with Gasteiger partial charge in [0.25, 0.3) is 5.56 Å². The minimum atomic E-state index is -4.77. The van der Waals surface area contributed by atoms with Crippen LogP contribution in [0.3, 0.4) is 0 Å². The second-order valence-electron chi connectivity index (χ2n) is 4.20. The lowest BCUT2D eigenvalue weighted by Gasteiger charge is -2.07. The molecule has 0 spiro atoms. The molecule has 0 aliphatic rings. The first-order chi connectivity index (χ1) is 10.6. The van der Waals surface area contributed by atoms with Crippen molar-refractivity contribution in [2.24, 2.45) is 10.7 Å². The summed E-state index contributed by atoms with van der Waals surface area (Å²) in [5, 5.41) is 3.14. The van der Waals surface area contributed by atoms with Crippen molar-refractivity contribution in [3.63, 3.8) is 0 Å². The number of rotatable bonds is 2. The van der Waals surface area contributed by atoms with Crippen molar-refractivity contribution in [2.45, 2.75) is 6.18 Å². The van der Waals surface area contributed by atoms with E-state index in [0.717, 1.165) is 0 Å². The molecule has 23 heavy (non-hydrogen) atoms. The van der Waals surface area contributed by atoms with Gasteiger partial charge in [0.15, 0.2) is 5.69 Å². The zero-order valence-corrected chi connectivity index (χ0v) is 12.6. The number of hydrogen-bond donors (Lipinski definition) is 3. The van der Waals surface area contributed by atoms with Gasteiger partial charge in [0.05, 0.1) is 10.0 Å². The lowest BCUT2D eigenvalue weighted by Crippen LogP contribution is -2.23. The van der Waals surface area contributed by atoms with Gasteiger partial charge >= 0.3 is 6.18 Å². The molecule has 122 valence electrons. The molecule has 2 rings (SSSR count). The van der Waals surface area contributed by atoms with Crippen LogP contribution < -0.4 is 16.6 Å². The number of nitrogens with two attached hydrogens (primary N) is 1. The first-order valence-electron chi connectivity index (χ1n) is 5.90. The van der Waals surface area contributed by atoms with E-state index in [2.05, 4.69) is 15.3 Å². The Morgan fingerprint density at radius 3 is 2.57 bits per heavy atom. The van der Waals surface area contributed by atoms with Gasteiger partial charge in [-0.15, -0.1) is 0 Å². The third-order valence-electron chi connectivity index (χ3n) is 2.44. The van der Waals surface area contributed by atoms with Crippen LogP contribution in [-0.4, -0.2) is 15.9 Å². The number of hydrogen-bond acceptors (Lipinski definition) is 3. The maximum atomic E-state index is 12.6. The van der Waals surface area contributed by atoms with E-state index in [-0.39, 0.29) is 11.0 Å². The minimum Gasteiger partial charge on any atom is -0.369 e. The fourth-order valence-corrected chi connectivity index (χ4v) is 1.80. The Hall–Kier alpha value is -2.26. The summed E-state index contributed by atoms with van der Waals surface area (Å²) >= 11 is 11.6. The van der Waals surface area contributed by atoms with Crippen molar-refractivity contribution < 1.29 is 13.2 Å². The largest absolute Gasteiger partial charge is 0.433 e. The van der Waals surface area contributed by atoms with Gasteiger partial charge in [-0.1, -0.05) is 23.2 Å². The second-order valence-corrected chi connectivity index (χ2v) is 5.02. The number of benzene rings is 1. The van der Waals surface area contributed by atoms with Gasteiger partial charge in [0.2, 0.25) is 11.9 Å². The van der Waals surface area contributed by atoms with Crippen LogP contribution in [0.25, 0.3) is 0 Å². The van der Waals surface area contributed by atoms with E-state index < -0.39 is 23.4 Å². The second kappa shape index (κ2) is 6.47. The van der Waals surface area contributed by atoms with E-state index in [4.69, 9.17) is 28.9 Å². The fraction of sp³-hybridized carbons (Fsp3) is 0.0833. The molecule has 0 fully saturated rings. The van der Waals surface area contributed by atoms with Gasteiger partial charge in [0.1, 0.15) is 0 Å². The molecule has 0 atom stereocenters. The summed E-state index contributed by atoms with van der Waals surface area (Å²) in [5.41, 5.74) is 3.57. The van der Waals surface area contributed by atoms with Crippen LogP contribution in [-0.2, 0) is 6.18 Å². The number of nitrogens with zero attached hydrogens (tertiary/aromatic N) is 2. The van der Waals surface area contributed by atoms with Crippen molar-refractivity contribution in [3.05, 3.63) is 50.4 Å². The predicted molar refractivity (Wildman–Crippen MR) is 81.2 cm³/mol. The third-order valence-corrected chi connectivity index (χ3v) is 3.18. The molecule has 0 bridgehead atoms. The summed E-state index contributed by atoms with van der Waals surface area (Å²) in [7, 11) is 0. The zero-order chi connectivity index (χ0) is 17.2. The first-order valence-corrected chi connectivity index (χ1v) is 6.65. The molecule has 0 unspecified atom stereocenters. The van der Waals surface area contributed by atoms with Crippen molar-refractivity contribution in [2.75, 3.05) is 5.32 Å². The molecule has 1 aromatic heterocycles. The van der Waals surface area contributed by atoms with E-state index in [1.807, 2.05) is 4.98 Å². The SMILES string of the molecule is N/C(=N\c1nc(C(F)(F)F)cc(=O)[nH]1)Nc1ccc(Cl)c(Cl)c1. The van der Waals surface area contributed by atoms with Gasteiger partial charge < -0.3 is 11.1 Å². The highest BCUT2D eigenvalue weighted by Gasteiger charge is 2.33. The van der Waals surface area contributed by atoms with Crippen LogP contribution in [0, 0.1) is 0 Å². The Kier molecular flexibility index (Phi) is 4.81. The van der Waals surface area contributed by atoms with E-state index in [1.54, 1.807) is 0 Å². The van der Waals surface area contributed by atoms with Crippen LogP contribution >= 0.6 is 23.2 Å². The Labute approximate surface area is 137 Å². The fourth-order valence-electron chi connectivity index (χ4n) is 1.51. The number of alkyl halides is 3. The number of anilines is 1. The van der Waals surface area contributed by atoms with E-state index in [9.17, 15) is 18.0 Å². The van der Waals surface area contributed by atoms with Crippen LogP contribution in [0.15, 0.2) is 34.1 Å². The molecule has 0 amide bonds. The quantitative estimate of drug-likeness (QED) is 0.562. The third kappa shape index (κ3) is 4.60. The Morgan fingerprint density at radius 1 is 1.26 bits per heavy atom. The molecule has 2 aromatic rings. The molecule has 6 nitrogen and oxygen atoms in total. The monoisotopic (exact) mass is 365 g/mol. The molecule has 11 heteroatoms. The summed E-state index contributed by atoms with van der Waals surface area (Å²) in [5.74, 6) is -0.888. The maximum Gasteiger partial charge on any atom is 0.433 e. The highest BCUT2D eigenvalue weighted by Crippen LogP contribution is 2.27. The molecular formula is C12H8Cl2F3N5O. The maximum absolute atomic E-state index is 12.6. The van der Waals surface area contributed by atoms with Crippen LogP contribution in [0.4, 0.5) is 24.8 Å². The highest BCUT2D eigenvalue weighted by molar-refractivity contribution is 6.42. The highest BCUT2D eigenvalue weighted by atomic mass is 35.5. The predicted octanol–water partition coefficient (Wildman–Crippen LogP) is 3.15. The summed E-state index contributed by atoms with van der Waals surface area (Å²) in [6, 6.07) is 4.78. The summed E-state index contributed by atoms with van der Waals surface area (Å²) in [6.45, 7) is 0. The lowest BCUT2D eigenvalue weighted by atomic mass is 10.3. The van der Waals surface area contributed by atoms with Crippen molar-refractivity contribution in [1.29, 1.82) is 0 Å². The smallest absolute Gasteiger partial charge is 0.369 e. The molecule has 0 saturated heterocycles. The molecule has 4 N–H and O–H groups in total. The van der Waals surface area contributed by atoms with Crippen molar-refractivity contribution in [1.82, 2.24) is 9.97 Å². The van der Waals surface area contributed by atoms with E-state index >= 15 is 0 Å². The van der Waals surface area contributed by atoms with Crippen LogP contribution in [0.2, 0.25) is 10.0 Å². The molecule has 0 radical (unpaired) electrons. The zero-order valence-electron chi connectivity index (χ0n) is 11.1.